The molecule has 1 heterocycles. The van der Waals surface area contributed by atoms with Crippen molar-refractivity contribution in [2.24, 2.45) is 0 Å². The number of carbonyl (C=O) groups excluding carboxylic acids is 1. The molecule has 110 valence electrons. The van der Waals surface area contributed by atoms with Gasteiger partial charge in [-0.05, 0) is 31.4 Å². The second-order valence-corrected chi connectivity index (χ2v) is 5.65. The van der Waals surface area contributed by atoms with Gasteiger partial charge in [0, 0.05) is 5.39 Å². The topological polar surface area (TPSA) is 79.5 Å². The van der Waals surface area contributed by atoms with Crippen LogP contribution in [0.5, 0.6) is 0 Å². The Bertz CT molecular complexity index is 710. The molecule has 1 aromatic carbocycles. The van der Waals surface area contributed by atoms with Crippen LogP contribution in [-0.2, 0) is 4.79 Å². The van der Waals surface area contributed by atoms with Gasteiger partial charge in [0.2, 0.25) is 0 Å². The largest absolute Gasteiger partial charge is 0.480 e. The Hall–Kier alpha value is -2.30. The van der Waals surface area contributed by atoms with E-state index in [4.69, 9.17) is 4.42 Å². The smallest absolute Gasteiger partial charge is 0.329 e. The molecule has 0 saturated heterocycles. The van der Waals surface area contributed by atoms with E-state index in [0.717, 1.165) is 23.8 Å². The van der Waals surface area contributed by atoms with Crippen LogP contribution in [0.1, 0.15) is 41.8 Å². The van der Waals surface area contributed by atoms with Gasteiger partial charge in [-0.2, -0.15) is 0 Å². The third-order valence-electron chi connectivity index (χ3n) is 4.18. The first-order chi connectivity index (χ1) is 10.0. The van der Waals surface area contributed by atoms with Crippen LogP contribution in [0.3, 0.4) is 0 Å². The number of benzene rings is 1. The van der Waals surface area contributed by atoms with Crippen LogP contribution < -0.4 is 5.32 Å². The van der Waals surface area contributed by atoms with Crippen LogP contribution in [0.15, 0.2) is 28.7 Å². The molecule has 5 nitrogen and oxygen atoms in total. The zero-order valence-electron chi connectivity index (χ0n) is 11.8. The summed E-state index contributed by atoms with van der Waals surface area (Å²) in [7, 11) is 0. The lowest BCUT2D eigenvalue weighted by molar-refractivity contribution is -0.144. The molecule has 0 spiro atoms. The Kier molecular flexibility index (Phi) is 3.20. The molecule has 2 aromatic rings. The van der Waals surface area contributed by atoms with Gasteiger partial charge in [0.05, 0.1) is 0 Å². The average Bonchev–Trinajstić information content (AvgIpc) is 3.06. The molecule has 1 saturated carbocycles. The lowest BCUT2D eigenvalue weighted by Gasteiger charge is -2.24. The summed E-state index contributed by atoms with van der Waals surface area (Å²) in [6.07, 6.45) is 2.55. The van der Waals surface area contributed by atoms with Crippen LogP contribution in [0, 0.1) is 6.92 Å². The van der Waals surface area contributed by atoms with Crippen LogP contribution in [0.4, 0.5) is 0 Å². The predicted octanol–water partition coefficient (Wildman–Crippen LogP) is 2.87. The maximum absolute atomic E-state index is 12.3. The minimum absolute atomic E-state index is 0.159. The zero-order chi connectivity index (χ0) is 15.0. The molecule has 3 rings (SSSR count). The second kappa shape index (κ2) is 4.91. The van der Waals surface area contributed by atoms with Gasteiger partial charge >= 0.3 is 5.97 Å². The van der Waals surface area contributed by atoms with E-state index in [0.29, 0.717) is 18.4 Å². The van der Waals surface area contributed by atoms with Gasteiger partial charge in [0.1, 0.15) is 11.1 Å². The number of furan rings is 1. The minimum Gasteiger partial charge on any atom is -0.480 e. The molecule has 0 unspecified atom stereocenters. The molecule has 1 aromatic heterocycles. The zero-order valence-corrected chi connectivity index (χ0v) is 11.8. The van der Waals surface area contributed by atoms with Crippen molar-refractivity contribution < 1.29 is 19.1 Å². The number of aryl methyl sites for hydroxylation is 1. The van der Waals surface area contributed by atoms with E-state index in [1.165, 1.54) is 0 Å². The standard InChI is InChI=1S/C16H17NO4/c1-10-5-4-6-11-9-12(21-13(10)11)14(18)17-16(15(19)20)7-2-3-8-16/h4-6,9H,2-3,7-8H2,1H3,(H,17,18)(H,19,20). The van der Waals surface area contributed by atoms with E-state index in [-0.39, 0.29) is 5.76 Å². The van der Waals surface area contributed by atoms with Gasteiger partial charge in [-0.15, -0.1) is 0 Å². The molecule has 21 heavy (non-hydrogen) atoms. The third-order valence-corrected chi connectivity index (χ3v) is 4.18. The quantitative estimate of drug-likeness (QED) is 0.909. The van der Waals surface area contributed by atoms with Gasteiger partial charge < -0.3 is 14.8 Å². The van der Waals surface area contributed by atoms with Crippen LogP contribution in [0.2, 0.25) is 0 Å². The van der Waals surface area contributed by atoms with E-state index in [9.17, 15) is 14.7 Å². The summed E-state index contributed by atoms with van der Waals surface area (Å²) in [6, 6.07) is 7.32. The molecule has 0 aliphatic heterocycles. The summed E-state index contributed by atoms with van der Waals surface area (Å²) < 4.78 is 5.59. The van der Waals surface area contributed by atoms with E-state index >= 15 is 0 Å². The Morgan fingerprint density at radius 1 is 1.29 bits per heavy atom. The van der Waals surface area contributed by atoms with Crippen molar-refractivity contribution >= 4 is 22.8 Å². The van der Waals surface area contributed by atoms with Crippen molar-refractivity contribution in [2.75, 3.05) is 0 Å². The highest BCUT2D eigenvalue weighted by Crippen LogP contribution is 2.31. The molecule has 2 N–H and O–H groups in total. The molecular formula is C16H17NO4. The van der Waals surface area contributed by atoms with Gasteiger partial charge in [0.15, 0.2) is 5.76 Å². The number of fused-ring (bicyclic) bond motifs is 1. The molecule has 5 heteroatoms. The first-order valence-corrected chi connectivity index (χ1v) is 7.07. The highest BCUT2D eigenvalue weighted by Gasteiger charge is 2.43. The highest BCUT2D eigenvalue weighted by atomic mass is 16.4. The maximum atomic E-state index is 12.3. The summed E-state index contributed by atoms with van der Waals surface area (Å²) in [4.78, 5) is 23.8. The number of amides is 1. The molecule has 0 atom stereocenters. The monoisotopic (exact) mass is 287 g/mol. The molecule has 0 radical (unpaired) electrons. The van der Waals surface area contributed by atoms with Crippen molar-refractivity contribution in [2.45, 2.75) is 38.1 Å². The van der Waals surface area contributed by atoms with Gasteiger partial charge in [-0.3, -0.25) is 4.79 Å². The second-order valence-electron chi connectivity index (χ2n) is 5.65. The van der Waals surface area contributed by atoms with Crippen LogP contribution in [0.25, 0.3) is 11.0 Å². The minimum atomic E-state index is -1.15. The number of para-hydroxylation sites is 1. The number of nitrogens with one attached hydrogen (secondary N) is 1. The number of carboxylic acids is 1. The molecule has 1 aliphatic carbocycles. The fourth-order valence-corrected chi connectivity index (χ4v) is 2.97. The van der Waals surface area contributed by atoms with E-state index in [1.807, 2.05) is 25.1 Å². The Balaban J connectivity index is 1.90. The van der Waals surface area contributed by atoms with Crippen molar-refractivity contribution in [3.8, 4) is 0 Å². The van der Waals surface area contributed by atoms with Crippen LogP contribution >= 0.6 is 0 Å². The molecule has 1 amide bonds. The fourth-order valence-electron chi connectivity index (χ4n) is 2.97. The lowest BCUT2D eigenvalue weighted by atomic mass is 9.97. The van der Waals surface area contributed by atoms with Gasteiger partial charge in [-0.1, -0.05) is 31.0 Å². The van der Waals surface area contributed by atoms with E-state index in [2.05, 4.69) is 5.32 Å². The Labute approximate surface area is 121 Å². The molecule has 0 bridgehead atoms. The number of carboxylic acid groups (broad SMARTS) is 1. The number of aliphatic carboxylic acids is 1. The number of carbonyl (C=O) groups is 2. The van der Waals surface area contributed by atoms with Crippen molar-refractivity contribution in [1.82, 2.24) is 5.32 Å². The van der Waals surface area contributed by atoms with Crippen molar-refractivity contribution in [3.63, 3.8) is 0 Å². The van der Waals surface area contributed by atoms with Crippen molar-refractivity contribution in [3.05, 3.63) is 35.6 Å². The Morgan fingerprint density at radius 2 is 2.00 bits per heavy atom. The normalized spacial score (nSPS) is 17.0. The van der Waals surface area contributed by atoms with Gasteiger partial charge in [0.25, 0.3) is 5.91 Å². The predicted molar refractivity (Wildman–Crippen MR) is 77.3 cm³/mol. The molecule has 1 fully saturated rings. The van der Waals surface area contributed by atoms with Crippen molar-refractivity contribution in [1.29, 1.82) is 0 Å². The summed E-state index contributed by atoms with van der Waals surface area (Å²) in [5, 5.41) is 12.9. The fraction of sp³-hybridized carbons (Fsp3) is 0.375. The maximum Gasteiger partial charge on any atom is 0.329 e. The third kappa shape index (κ3) is 2.28. The Morgan fingerprint density at radius 3 is 2.62 bits per heavy atom. The number of rotatable bonds is 3. The summed E-state index contributed by atoms with van der Waals surface area (Å²) >= 11 is 0. The number of hydrogen-bond acceptors (Lipinski definition) is 3. The van der Waals surface area contributed by atoms with E-state index in [1.54, 1.807) is 6.07 Å². The average molecular weight is 287 g/mol. The summed E-state index contributed by atoms with van der Waals surface area (Å²) in [6.45, 7) is 1.91. The summed E-state index contributed by atoms with van der Waals surface area (Å²) in [5.74, 6) is -1.28. The SMILES string of the molecule is Cc1cccc2cc(C(=O)NC3(C(=O)O)CCCC3)oc12. The molecule has 1 aliphatic rings. The number of hydrogen-bond donors (Lipinski definition) is 2. The lowest BCUT2D eigenvalue weighted by Crippen LogP contribution is -2.52. The van der Waals surface area contributed by atoms with E-state index < -0.39 is 17.4 Å². The molecular weight excluding hydrogens is 270 g/mol. The first-order valence-electron chi connectivity index (χ1n) is 7.07. The first kappa shape index (κ1) is 13.7. The highest BCUT2D eigenvalue weighted by molar-refractivity contribution is 5.99. The van der Waals surface area contributed by atoms with Crippen LogP contribution in [-0.4, -0.2) is 22.5 Å². The van der Waals surface area contributed by atoms with Gasteiger partial charge in [-0.25, -0.2) is 4.79 Å². The summed E-state index contributed by atoms with van der Waals surface area (Å²) in [5.41, 5.74) is 0.462.